The van der Waals surface area contributed by atoms with Gasteiger partial charge in [-0.15, -0.1) is 0 Å². The maximum Gasteiger partial charge on any atom is 0.322 e. The fraction of sp³-hybridized carbons (Fsp3) is 0.750. The van der Waals surface area contributed by atoms with E-state index >= 15 is 0 Å². The number of aliphatic hydroxyl groups is 1. The summed E-state index contributed by atoms with van der Waals surface area (Å²) in [5, 5.41) is 17.3. The molecule has 0 bridgehead atoms. The fourth-order valence-corrected chi connectivity index (χ4v) is 3.05. The molecule has 2 rings (SSSR count). The third kappa shape index (κ3) is 3.61. The molecule has 6 heteroatoms. The van der Waals surface area contributed by atoms with Gasteiger partial charge in [0.15, 0.2) is 5.76 Å². The smallest absolute Gasteiger partial charge is 0.322 e. The number of rotatable bonds is 3. The van der Waals surface area contributed by atoms with E-state index in [-0.39, 0.29) is 11.9 Å². The van der Waals surface area contributed by atoms with Gasteiger partial charge in [0.1, 0.15) is 11.4 Å². The van der Waals surface area contributed by atoms with E-state index in [9.17, 15) is 9.90 Å². The van der Waals surface area contributed by atoms with Crippen molar-refractivity contribution in [1.82, 2.24) is 10.1 Å². The number of nitrogens with one attached hydrogen (secondary N) is 1. The summed E-state index contributed by atoms with van der Waals surface area (Å²) in [6, 6.07) is -0.154. The number of carbonyl (C=O) groups excluding carboxylic acids is 1. The Balaban J connectivity index is 2.05. The number of carbonyl (C=O) groups is 1. The first-order valence-corrected chi connectivity index (χ1v) is 7.92. The second kappa shape index (κ2) is 6.28. The van der Waals surface area contributed by atoms with Crippen molar-refractivity contribution in [2.75, 3.05) is 18.4 Å². The van der Waals surface area contributed by atoms with Crippen molar-refractivity contribution in [1.29, 1.82) is 0 Å². The first-order chi connectivity index (χ1) is 10.2. The van der Waals surface area contributed by atoms with Crippen LogP contribution in [0.1, 0.15) is 45.1 Å². The first-order valence-electron chi connectivity index (χ1n) is 7.92. The van der Waals surface area contributed by atoms with Gasteiger partial charge in [0.2, 0.25) is 0 Å². The van der Waals surface area contributed by atoms with Gasteiger partial charge in [0.25, 0.3) is 0 Å². The maximum atomic E-state index is 12.5. The van der Waals surface area contributed by atoms with Crippen LogP contribution in [-0.4, -0.2) is 39.9 Å². The van der Waals surface area contributed by atoms with Crippen molar-refractivity contribution in [2.24, 2.45) is 11.8 Å². The van der Waals surface area contributed by atoms with Gasteiger partial charge in [-0.05, 0) is 39.5 Å². The summed E-state index contributed by atoms with van der Waals surface area (Å²) in [7, 11) is 0. The number of urea groups is 1. The first kappa shape index (κ1) is 16.8. The third-order valence-electron chi connectivity index (χ3n) is 4.52. The van der Waals surface area contributed by atoms with Gasteiger partial charge in [0, 0.05) is 19.0 Å². The summed E-state index contributed by atoms with van der Waals surface area (Å²) >= 11 is 0. The summed E-state index contributed by atoms with van der Waals surface area (Å²) < 4.78 is 5.07. The second-order valence-corrected chi connectivity index (χ2v) is 7.01. The maximum absolute atomic E-state index is 12.5. The van der Waals surface area contributed by atoms with Crippen LogP contribution >= 0.6 is 0 Å². The van der Waals surface area contributed by atoms with Gasteiger partial charge < -0.3 is 19.8 Å². The number of aryl methyl sites for hydroxylation is 2. The molecule has 22 heavy (non-hydrogen) atoms. The summed E-state index contributed by atoms with van der Waals surface area (Å²) in [6.07, 6.45) is 1.50. The summed E-state index contributed by atoms with van der Waals surface area (Å²) in [5.74, 6) is 1.19. The van der Waals surface area contributed by atoms with E-state index in [0.717, 1.165) is 6.42 Å². The number of hydrogen-bond donors (Lipinski definition) is 2. The zero-order valence-electron chi connectivity index (χ0n) is 14.1. The Labute approximate surface area is 131 Å². The monoisotopic (exact) mass is 309 g/mol. The molecule has 1 aromatic rings. The lowest BCUT2D eigenvalue weighted by molar-refractivity contribution is -0.0540. The van der Waals surface area contributed by atoms with E-state index in [1.807, 2.05) is 6.92 Å². The molecule has 1 aromatic heterocycles. The highest BCUT2D eigenvalue weighted by molar-refractivity contribution is 5.90. The van der Waals surface area contributed by atoms with Crippen LogP contribution in [0.15, 0.2) is 4.52 Å². The van der Waals surface area contributed by atoms with Crippen LogP contribution < -0.4 is 5.32 Å². The zero-order valence-corrected chi connectivity index (χ0v) is 14.1. The van der Waals surface area contributed by atoms with Crippen molar-refractivity contribution >= 4 is 11.7 Å². The van der Waals surface area contributed by atoms with Crippen LogP contribution in [0.2, 0.25) is 0 Å². The highest BCUT2D eigenvalue weighted by atomic mass is 16.5. The zero-order chi connectivity index (χ0) is 16.5. The number of amides is 2. The van der Waals surface area contributed by atoms with Gasteiger partial charge in [-0.3, -0.25) is 0 Å². The molecular formula is C16H27N3O3. The van der Waals surface area contributed by atoms with Crippen LogP contribution in [0.5, 0.6) is 0 Å². The molecule has 2 atom stereocenters. The molecule has 1 fully saturated rings. The molecule has 124 valence electrons. The quantitative estimate of drug-likeness (QED) is 0.900. The second-order valence-electron chi connectivity index (χ2n) is 7.01. The largest absolute Gasteiger partial charge is 0.390 e. The van der Waals surface area contributed by atoms with Crippen molar-refractivity contribution in [3.05, 3.63) is 11.5 Å². The molecule has 0 unspecified atom stereocenters. The number of likely N-dealkylation sites (tertiary alicyclic amines) is 1. The lowest BCUT2D eigenvalue weighted by atomic mass is 9.78. The number of piperidine rings is 1. The van der Waals surface area contributed by atoms with Crippen LogP contribution in [0, 0.1) is 25.7 Å². The highest BCUT2D eigenvalue weighted by Crippen LogP contribution is 2.32. The molecule has 1 aliphatic heterocycles. The van der Waals surface area contributed by atoms with Crippen LogP contribution in [0.25, 0.3) is 0 Å². The molecular weight excluding hydrogens is 282 g/mol. The van der Waals surface area contributed by atoms with Crippen molar-refractivity contribution in [3.63, 3.8) is 0 Å². The van der Waals surface area contributed by atoms with E-state index in [4.69, 9.17) is 4.52 Å². The molecule has 0 aliphatic carbocycles. The average Bonchev–Trinajstić information content (AvgIpc) is 2.72. The topological polar surface area (TPSA) is 78.6 Å². The Morgan fingerprint density at radius 2 is 2.23 bits per heavy atom. The van der Waals surface area contributed by atoms with Gasteiger partial charge in [0.05, 0.1) is 5.60 Å². The van der Waals surface area contributed by atoms with Gasteiger partial charge in [-0.25, -0.2) is 4.79 Å². The lowest BCUT2D eigenvalue weighted by Crippen LogP contribution is -2.53. The van der Waals surface area contributed by atoms with Crippen LogP contribution in [0.3, 0.4) is 0 Å². The van der Waals surface area contributed by atoms with Crippen molar-refractivity contribution in [2.45, 2.75) is 53.1 Å². The van der Waals surface area contributed by atoms with E-state index in [0.29, 0.717) is 42.6 Å². The molecule has 1 saturated heterocycles. The van der Waals surface area contributed by atoms with Crippen LogP contribution in [-0.2, 0) is 0 Å². The highest BCUT2D eigenvalue weighted by Gasteiger charge is 2.39. The minimum absolute atomic E-state index is 0.0941. The normalized spacial score (nSPS) is 25.6. The van der Waals surface area contributed by atoms with E-state index < -0.39 is 5.60 Å². The summed E-state index contributed by atoms with van der Waals surface area (Å²) in [6.45, 7) is 10.9. The number of nitrogens with zero attached hydrogens (tertiary/aromatic N) is 2. The minimum atomic E-state index is -0.704. The van der Waals surface area contributed by atoms with Gasteiger partial charge in [-0.2, -0.15) is 0 Å². The van der Waals surface area contributed by atoms with E-state index in [1.165, 1.54) is 0 Å². The Morgan fingerprint density at radius 1 is 1.55 bits per heavy atom. The molecule has 0 spiro atoms. The molecule has 0 radical (unpaired) electrons. The SMILES string of the molecule is Cc1noc(C)c1NC(=O)N1CC[C@@](C)(O)[C@@H](CC(C)C)C1. The molecule has 0 saturated carbocycles. The van der Waals surface area contributed by atoms with Crippen molar-refractivity contribution in [3.8, 4) is 0 Å². The van der Waals surface area contributed by atoms with Crippen LogP contribution in [0.4, 0.5) is 10.5 Å². The third-order valence-corrected chi connectivity index (χ3v) is 4.52. The molecule has 1 aliphatic rings. The standard InChI is InChI=1S/C16H27N3O3/c1-10(2)8-13-9-19(7-6-16(13,5)21)15(20)17-14-11(3)18-22-12(14)4/h10,13,21H,6-9H2,1-5H3,(H,17,20)/t13-,16+/m0/s1. The Kier molecular flexibility index (Phi) is 4.80. The molecule has 2 heterocycles. The molecule has 0 aromatic carbocycles. The number of anilines is 1. The van der Waals surface area contributed by atoms with Crippen molar-refractivity contribution < 1.29 is 14.4 Å². The Bertz CT molecular complexity index is 517. The average molecular weight is 309 g/mol. The Morgan fingerprint density at radius 3 is 2.77 bits per heavy atom. The van der Waals surface area contributed by atoms with E-state index in [1.54, 1.807) is 18.7 Å². The Hall–Kier alpha value is -1.56. The number of aromatic nitrogens is 1. The predicted octanol–water partition coefficient (Wildman–Crippen LogP) is 2.94. The predicted molar refractivity (Wildman–Crippen MR) is 84.8 cm³/mol. The molecule has 2 N–H and O–H groups in total. The fourth-order valence-electron chi connectivity index (χ4n) is 3.05. The minimum Gasteiger partial charge on any atom is -0.390 e. The summed E-state index contributed by atoms with van der Waals surface area (Å²) in [5.41, 5.74) is 0.612. The van der Waals surface area contributed by atoms with Gasteiger partial charge in [-0.1, -0.05) is 19.0 Å². The lowest BCUT2D eigenvalue weighted by Gasteiger charge is -2.43. The molecule has 6 nitrogen and oxygen atoms in total. The van der Waals surface area contributed by atoms with E-state index in [2.05, 4.69) is 24.3 Å². The van der Waals surface area contributed by atoms with Gasteiger partial charge >= 0.3 is 6.03 Å². The number of hydrogen-bond acceptors (Lipinski definition) is 4. The summed E-state index contributed by atoms with van der Waals surface area (Å²) in [4.78, 5) is 14.3. The molecule has 2 amide bonds.